The molecule has 3 unspecified atom stereocenters. The molecule has 4 nitrogen and oxygen atoms in total. The lowest BCUT2D eigenvalue weighted by Gasteiger charge is -1.96. The van der Waals surface area contributed by atoms with Crippen LogP contribution in [0.2, 0.25) is 0 Å². The third-order valence-electron chi connectivity index (χ3n) is 1.75. The van der Waals surface area contributed by atoms with Crippen LogP contribution >= 0.6 is 0 Å². The molecule has 3 atom stereocenters. The standard InChI is InChI=1S/C5H8O2.C2H4O2/c6-3-1-2-4-5(3)7-4;1-2(3)4/h3-6H,1-2H2;1H3,(H,3,4). The van der Waals surface area contributed by atoms with Crippen molar-refractivity contribution in [2.75, 3.05) is 0 Å². The van der Waals surface area contributed by atoms with Crippen LogP contribution in [0.1, 0.15) is 19.8 Å². The number of epoxide rings is 1. The van der Waals surface area contributed by atoms with Crippen LogP contribution in [0, 0.1) is 0 Å². The minimum Gasteiger partial charge on any atom is -0.481 e. The van der Waals surface area contributed by atoms with Gasteiger partial charge in [-0.2, -0.15) is 0 Å². The third-order valence-corrected chi connectivity index (χ3v) is 1.75. The average Bonchev–Trinajstić information content (AvgIpc) is 2.54. The molecule has 1 saturated carbocycles. The van der Waals surface area contributed by atoms with Gasteiger partial charge in [-0.15, -0.1) is 0 Å². The van der Waals surface area contributed by atoms with E-state index in [1.807, 2.05) is 0 Å². The molecule has 2 N–H and O–H groups in total. The van der Waals surface area contributed by atoms with Gasteiger partial charge in [-0.05, 0) is 12.8 Å². The number of ether oxygens (including phenoxy) is 1. The van der Waals surface area contributed by atoms with Gasteiger partial charge in [-0.1, -0.05) is 0 Å². The van der Waals surface area contributed by atoms with Crippen LogP contribution in [0.3, 0.4) is 0 Å². The first kappa shape index (κ1) is 8.49. The fraction of sp³-hybridized carbons (Fsp3) is 0.857. The monoisotopic (exact) mass is 160 g/mol. The maximum Gasteiger partial charge on any atom is 0.300 e. The predicted octanol–water partition coefficient (Wildman–Crippen LogP) is -0.000600. The molecule has 1 aliphatic carbocycles. The van der Waals surface area contributed by atoms with Crippen molar-refractivity contribution >= 4 is 5.97 Å². The van der Waals surface area contributed by atoms with E-state index in [1.54, 1.807) is 0 Å². The second-order valence-electron chi connectivity index (χ2n) is 2.80. The molecule has 64 valence electrons. The Kier molecular flexibility index (Phi) is 2.46. The Bertz CT molecular complexity index is 153. The van der Waals surface area contributed by atoms with Crippen molar-refractivity contribution in [2.24, 2.45) is 0 Å². The molecule has 0 aromatic carbocycles. The Morgan fingerprint density at radius 1 is 1.55 bits per heavy atom. The van der Waals surface area contributed by atoms with Gasteiger partial charge < -0.3 is 14.9 Å². The van der Waals surface area contributed by atoms with E-state index in [9.17, 15) is 0 Å². The minimum atomic E-state index is -0.833. The summed E-state index contributed by atoms with van der Waals surface area (Å²) in [5.74, 6) is -0.833. The van der Waals surface area contributed by atoms with Gasteiger partial charge in [0, 0.05) is 6.92 Å². The summed E-state index contributed by atoms with van der Waals surface area (Å²) in [7, 11) is 0. The summed E-state index contributed by atoms with van der Waals surface area (Å²) in [6, 6.07) is 0. The number of hydrogen-bond donors (Lipinski definition) is 2. The van der Waals surface area contributed by atoms with Crippen LogP contribution < -0.4 is 0 Å². The molecule has 2 fully saturated rings. The minimum absolute atomic E-state index is 0.134. The van der Waals surface area contributed by atoms with E-state index >= 15 is 0 Å². The van der Waals surface area contributed by atoms with E-state index in [2.05, 4.69) is 0 Å². The average molecular weight is 160 g/mol. The van der Waals surface area contributed by atoms with Crippen molar-refractivity contribution in [1.29, 1.82) is 0 Å². The van der Waals surface area contributed by atoms with Crippen LogP contribution in [-0.2, 0) is 9.53 Å². The van der Waals surface area contributed by atoms with Crippen molar-refractivity contribution in [2.45, 2.75) is 38.1 Å². The molecule has 0 aromatic heterocycles. The highest BCUT2D eigenvalue weighted by Crippen LogP contribution is 2.38. The maximum atomic E-state index is 9.00. The fourth-order valence-corrected chi connectivity index (χ4v) is 1.23. The molecule has 1 aliphatic heterocycles. The highest BCUT2D eigenvalue weighted by atomic mass is 16.6. The van der Waals surface area contributed by atoms with Gasteiger partial charge in [0.2, 0.25) is 0 Å². The topological polar surface area (TPSA) is 70.1 Å². The quantitative estimate of drug-likeness (QED) is 0.489. The molecule has 0 radical (unpaired) electrons. The zero-order valence-electron chi connectivity index (χ0n) is 6.36. The fourth-order valence-electron chi connectivity index (χ4n) is 1.23. The van der Waals surface area contributed by atoms with Gasteiger partial charge in [0.1, 0.15) is 6.10 Å². The zero-order valence-corrected chi connectivity index (χ0v) is 6.36. The molecule has 0 amide bonds. The van der Waals surface area contributed by atoms with Gasteiger partial charge in [-0.3, -0.25) is 4.79 Å². The summed E-state index contributed by atoms with van der Waals surface area (Å²) in [6.07, 6.45) is 2.57. The van der Waals surface area contributed by atoms with Gasteiger partial charge >= 0.3 is 0 Å². The molecule has 0 aromatic rings. The summed E-state index contributed by atoms with van der Waals surface area (Å²) in [5, 5.41) is 16.3. The number of aliphatic hydroxyl groups is 1. The lowest BCUT2D eigenvalue weighted by Crippen LogP contribution is -2.08. The van der Waals surface area contributed by atoms with Crippen LogP contribution in [0.15, 0.2) is 0 Å². The molecule has 4 heteroatoms. The van der Waals surface area contributed by atoms with Crippen molar-refractivity contribution < 1.29 is 19.7 Å². The van der Waals surface area contributed by atoms with Gasteiger partial charge in [0.05, 0.1) is 12.2 Å². The zero-order chi connectivity index (χ0) is 8.43. The highest BCUT2D eigenvalue weighted by Gasteiger charge is 2.49. The lowest BCUT2D eigenvalue weighted by molar-refractivity contribution is -0.134. The number of carbonyl (C=O) groups is 1. The van der Waals surface area contributed by atoms with Crippen molar-refractivity contribution in [3.8, 4) is 0 Å². The molecule has 1 saturated heterocycles. The van der Waals surface area contributed by atoms with E-state index in [0.717, 1.165) is 19.8 Å². The SMILES string of the molecule is CC(=O)O.OC1CCC2OC12. The number of aliphatic carboxylic acids is 1. The first-order valence-electron chi connectivity index (χ1n) is 3.64. The van der Waals surface area contributed by atoms with Gasteiger partial charge in [0.15, 0.2) is 0 Å². The maximum absolute atomic E-state index is 9.00. The third kappa shape index (κ3) is 2.48. The molecule has 2 rings (SSSR count). The molecular weight excluding hydrogens is 148 g/mol. The number of carboxylic acid groups (broad SMARTS) is 1. The highest BCUT2D eigenvalue weighted by molar-refractivity contribution is 5.62. The Morgan fingerprint density at radius 2 is 2.09 bits per heavy atom. The summed E-state index contributed by atoms with van der Waals surface area (Å²) >= 11 is 0. The Labute approximate surface area is 64.8 Å². The van der Waals surface area contributed by atoms with Crippen LogP contribution in [0.5, 0.6) is 0 Å². The lowest BCUT2D eigenvalue weighted by atomic mass is 10.3. The first-order chi connectivity index (χ1) is 5.11. The molecule has 1 heterocycles. The Balaban J connectivity index is 0.000000134. The first-order valence-corrected chi connectivity index (χ1v) is 3.64. The van der Waals surface area contributed by atoms with E-state index in [4.69, 9.17) is 19.7 Å². The number of carboxylic acids is 1. The smallest absolute Gasteiger partial charge is 0.300 e. The summed E-state index contributed by atoms with van der Waals surface area (Å²) in [4.78, 5) is 9.00. The number of rotatable bonds is 0. The summed E-state index contributed by atoms with van der Waals surface area (Å²) in [5.41, 5.74) is 0. The van der Waals surface area contributed by atoms with Crippen LogP contribution in [0.25, 0.3) is 0 Å². The van der Waals surface area contributed by atoms with E-state index < -0.39 is 5.97 Å². The molecule has 0 bridgehead atoms. The van der Waals surface area contributed by atoms with Crippen molar-refractivity contribution in [3.63, 3.8) is 0 Å². The summed E-state index contributed by atoms with van der Waals surface area (Å²) in [6.45, 7) is 1.08. The normalized spacial score (nSPS) is 38.5. The molecule has 0 spiro atoms. The summed E-state index contributed by atoms with van der Waals surface area (Å²) < 4.78 is 5.02. The number of fused-ring (bicyclic) bond motifs is 1. The van der Waals surface area contributed by atoms with E-state index in [1.165, 1.54) is 0 Å². The van der Waals surface area contributed by atoms with E-state index in [0.29, 0.717) is 6.10 Å². The van der Waals surface area contributed by atoms with Gasteiger partial charge in [0.25, 0.3) is 5.97 Å². The van der Waals surface area contributed by atoms with Crippen LogP contribution in [-0.4, -0.2) is 34.5 Å². The number of aliphatic hydroxyl groups excluding tert-OH is 1. The van der Waals surface area contributed by atoms with Gasteiger partial charge in [-0.25, -0.2) is 0 Å². The second kappa shape index (κ2) is 3.19. The largest absolute Gasteiger partial charge is 0.481 e. The predicted molar refractivity (Wildman–Crippen MR) is 37.2 cm³/mol. The molecular formula is C7H12O4. The molecule has 11 heavy (non-hydrogen) atoms. The second-order valence-corrected chi connectivity index (χ2v) is 2.80. The molecule has 2 aliphatic rings. The van der Waals surface area contributed by atoms with Crippen molar-refractivity contribution in [1.82, 2.24) is 0 Å². The number of hydrogen-bond acceptors (Lipinski definition) is 3. The van der Waals surface area contributed by atoms with Crippen molar-refractivity contribution in [3.05, 3.63) is 0 Å². The Morgan fingerprint density at radius 3 is 2.18 bits per heavy atom. The van der Waals surface area contributed by atoms with Crippen LogP contribution in [0.4, 0.5) is 0 Å². The Hall–Kier alpha value is -0.610. The van der Waals surface area contributed by atoms with E-state index in [-0.39, 0.29) is 12.2 Å².